The lowest BCUT2D eigenvalue weighted by atomic mass is 10.2. The predicted molar refractivity (Wildman–Crippen MR) is 58.7 cm³/mol. The number of benzene rings is 1. The van der Waals surface area contributed by atoms with Crippen LogP contribution in [0.2, 0.25) is 0 Å². The number of ether oxygens (including phenoxy) is 1. The molecule has 0 saturated heterocycles. The Hall–Kier alpha value is -1.19. The summed E-state index contributed by atoms with van der Waals surface area (Å²) in [6.07, 6.45) is -5.06. The molecule has 1 rings (SSSR count). The lowest BCUT2D eigenvalue weighted by Crippen LogP contribution is -2.12. The molecule has 0 aliphatic heterocycles. The summed E-state index contributed by atoms with van der Waals surface area (Å²) >= 11 is 0. The molecule has 0 radical (unpaired) electrons. The molecule has 0 aliphatic rings. The molecule has 0 heterocycles. The van der Waals surface area contributed by atoms with E-state index in [1.165, 1.54) is 0 Å². The van der Waals surface area contributed by atoms with Crippen LogP contribution in [-0.2, 0) is 0 Å². The summed E-state index contributed by atoms with van der Waals surface area (Å²) in [6, 6.07) is 6.91. The smallest absolute Gasteiger partial charge is 0.392 e. The first-order valence-corrected chi connectivity index (χ1v) is 5.23. The van der Waals surface area contributed by atoms with E-state index in [1.54, 1.807) is 24.3 Å². The van der Waals surface area contributed by atoms with Gasteiger partial charge in [-0.1, -0.05) is 31.5 Å². The van der Waals surface area contributed by atoms with E-state index in [0.29, 0.717) is 5.75 Å². The zero-order valence-corrected chi connectivity index (χ0v) is 9.77. The number of hydrogen-bond acceptors (Lipinski definition) is 1. The van der Waals surface area contributed by atoms with Crippen molar-refractivity contribution in [1.29, 1.82) is 0 Å². The summed E-state index contributed by atoms with van der Waals surface area (Å²) in [5, 5.41) is 0. The Morgan fingerprint density at radius 1 is 1.06 bits per heavy atom. The zero-order chi connectivity index (χ0) is 12.6. The molecular formula is C12H17F3O. The van der Waals surface area contributed by atoms with Crippen LogP contribution in [0.25, 0.3) is 0 Å². The number of halogens is 3. The highest BCUT2D eigenvalue weighted by Gasteiger charge is 2.26. The second-order valence-corrected chi connectivity index (χ2v) is 3.03. The summed E-state index contributed by atoms with van der Waals surface area (Å²) in [7, 11) is 0. The Kier molecular flexibility index (Phi) is 6.61. The summed E-state index contributed by atoms with van der Waals surface area (Å²) in [5.41, 5.74) is 1.05. The molecule has 0 bridgehead atoms. The van der Waals surface area contributed by atoms with Crippen LogP contribution in [0, 0.1) is 6.92 Å². The average Bonchev–Trinajstić information content (AvgIpc) is 2.22. The van der Waals surface area contributed by atoms with E-state index < -0.39 is 12.6 Å². The van der Waals surface area contributed by atoms with E-state index in [-0.39, 0.29) is 6.61 Å². The van der Waals surface area contributed by atoms with Crippen LogP contribution in [-0.4, -0.2) is 12.8 Å². The quantitative estimate of drug-likeness (QED) is 0.755. The first kappa shape index (κ1) is 14.8. The van der Waals surface area contributed by atoms with Gasteiger partial charge in [0.2, 0.25) is 0 Å². The minimum absolute atomic E-state index is 0.327. The number of rotatable bonds is 3. The second-order valence-electron chi connectivity index (χ2n) is 3.03. The first-order chi connectivity index (χ1) is 7.47. The minimum atomic E-state index is -4.15. The average molecular weight is 234 g/mol. The molecule has 1 aromatic rings. The SMILES string of the molecule is CC.Cc1ccc(OCCC(F)(F)F)cc1. The second kappa shape index (κ2) is 7.14. The van der Waals surface area contributed by atoms with Gasteiger partial charge in [-0.25, -0.2) is 0 Å². The molecule has 0 atom stereocenters. The third-order valence-corrected chi connectivity index (χ3v) is 1.68. The van der Waals surface area contributed by atoms with Crippen molar-refractivity contribution in [3.05, 3.63) is 29.8 Å². The lowest BCUT2D eigenvalue weighted by molar-refractivity contribution is -0.139. The standard InChI is InChI=1S/C10H11F3O.C2H6/c1-8-2-4-9(5-3-8)14-7-6-10(11,12)13;1-2/h2-5H,6-7H2,1H3;1-2H3. The van der Waals surface area contributed by atoms with Crippen LogP contribution < -0.4 is 4.74 Å². The molecule has 0 aromatic heterocycles. The van der Waals surface area contributed by atoms with Crippen molar-refractivity contribution >= 4 is 0 Å². The van der Waals surface area contributed by atoms with Crippen molar-refractivity contribution in [2.75, 3.05) is 6.61 Å². The monoisotopic (exact) mass is 234 g/mol. The van der Waals surface area contributed by atoms with E-state index in [1.807, 2.05) is 20.8 Å². The van der Waals surface area contributed by atoms with Gasteiger partial charge in [0, 0.05) is 0 Å². The van der Waals surface area contributed by atoms with Crippen molar-refractivity contribution in [2.45, 2.75) is 33.4 Å². The van der Waals surface area contributed by atoms with E-state index in [9.17, 15) is 13.2 Å². The minimum Gasteiger partial charge on any atom is -0.493 e. The van der Waals surface area contributed by atoms with Crippen molar-refractivity contribution < 1.29 is 17.9 Å². The van der Waals surface area contributed by atoms with Gasteiger partial charge >= 0.3 is 6.18 Å². The third kappa shape index (κ3) is 7.15. The van der Waals surface area contributed by atoms with E-state index >= 15 is 0 Å². The zero-order valence-electron chi connectivity index (χ0n) is 9.77. The van der Waals surface area contributed by atoms with E-state index in [4.69, 9.17) is 4.74 Å². The lowest BCUT2D eigenvalue weighted by Gasteiger charge is -2.08. The molecule has 4 heteroatoms. The Morgan fingerprint density at radius 2 is 1.56 bits per heavy atom. The largest absolute Gasteiger partial charge is 0.493 e. The van der Waals surface area contributed by atoms with Crippen molar-refractivity contribution in [3.63, 3.8) is 0 Å². The molecule has 0 spiro atoms. The van der Waals surface area contributed by atoms with Gasteiger partial charge in [0.1, 0.15) is 5.75 Å². The Labute approximate surface area is 94.2 Å². The van der Waals surface area contributed by atoms with Gasteiger partial charge in [-0.2, -0.15) is 13.2 Å². The number of hydrogen-bond donors (Lipinski definition) is 0. The fraction of sp³-hybridized carbons (Fsp3) is 0.500. The fourth-order valence-corrected chi connectivity index (χ4v) is 0.919. The molecule has 92 valence electrons. The van der Waals surface area contributed by atoms with Gasteiger partial charge in [0.25, 0.3) is 0 Å². The summed E-state index contributed by atoms with van der Waals surface area (Å²) in [4.78, 5) is 0. The highest BCUT2D eigenvalue weighted by molar-refractivity contribution is 5.26. The van der Waals surface area contributed by atoms with Gasteiger partial charge < -0.3 is 4.74 Å². The van der Waals surface area contributed by atoms with Crippen molar-refractivity contribution in [3.8, 4) is 5.75 Å². The normalized spacial score (nSPS) is 10.4. The molecule has 0 N–H and O–H groups in total. The summed E-state index contributed by atoms with van der Waals surface area (Å²) in [6.45, 7) is 5.58. The molecule has 16 heavy (non-hydrogen) atoms. The Bertz CT molecular complexity index is 277. The maximum absolute atomic E-state index is 11.7. The molecule has 1 aromatic carbocycles. The van der Waals surface area contributed by atoms with Gasteiger partial charge in [-0.05, 0) is 19.1 Å². The van der Waals surface area contributed by atoms with Gasteiger partial charge in [-0.3, -0.25) is 0 Å². The van der Waals surface area contributed by atoms with Crippen LogP contribution in [0.3, 0.4) is 0 Å². The summed E-state index contributed by atoms with van der Waals surface area (Å²) in [5.74, 6) is 0.472. The summed E-state index contributed by atoms with van der Waals surface area (Å²) < 4.78 is 40.1. The molecule has 0 unspecified atom stereocenters. The fourth-order valence-electron chi connectivity index (χ4n) is 0.919. The first-order valence-electron chi connectivity index (χ1n) is 5.23. The van der Waals surface area contributed by atoms with E-state index in [0.717, 1.165) is 5.56 Å². The third-order valence-electron chi connectivity index (χ3n) is 1.68. The van der Waals surface area contributed by atoms with Gasteiger partial charge in [0.15, 0.2) is 0 Å². The maximum Gasteiger partial charge on any atom is 0.392 e. The van der Waals surface area contributed by atoms with Crippen molar-refractivity contribution in [2.24, 2.45) is 0 Å². The Morgan fingerprint density at radius 3 is 2.00 bits per heavy atom. The Balaban J connectivity index is 0.00000106. The molecule has 0 fully saturated rings. The molecule has 0 aliphatic carbocycles. The van der Waals surface area contributed by atoms with Crippen LogP contribution in [0.5, 0.6) is 5.75 Å². The predicted octanol–water partition coefficient (Wildman–Crippen LogP) is 4.35. The number of aryl methyl sites for hydroxylation is 1. The maximum atomic E-state index is 11.7. The highest BCUT2D eigenvalue weighted by atomic mass is 19.4. The van der Waals surface area contributed by atoms with Gasteiger partial charge in [-0.15, -0.1) is 0 Å². The number of alkyl halides is 3. The molecule has 0 amide bonds. The molecule has 1 nitrogen and oxygen atoms in total. The van der Waals surface area contributed by atoms with Crippen molar-refractivity contribution in [1.82, 2.24) is 0 Å². The van der Waals surface area contributed by atoms with Crippen LogP contribution >= 0.6 is 0 Å². The van der Waals surface area contributed by atoms with E-state index in [2.05, 4.69) is 0 Å². The van der Waals surface area contributed by atoms with Crippen LogP contribution in [0.4, 0.5) is 13.2 Å². The van der Waals surface area contributed by atoms with Crippen LogP contribution in [0.15, 0.2) is 24.3 Å². The topological polar surface area (TPSA) is 9.23 Å². The van der Waals surface area contributed by atoms with Gasteiger partial charge in [0.05, 0.1) is 13.0 Å². The molecule has 0 saturated carbocycles. The van der Waals surface area contributed by atoms with Crippen LogP contribution in [0.1, 0.15) is 25.8 Å². The highest BCUT2D eigenvalue weighted by Crippen LogP contribution is 2.20. The molecular weight excluding hydrogens is 217 g/mol.